The molecule has 1 aliphatic heterocycles. The van der Waals surface area contributed by atoms with Crippen molar-refractivity contribution >= 4 is 17.5 Å². The summed E-state index contributed by atoms with van der Waals surface area (Å²) in [5.41, 5.74) is 2.17. The molecule has 1 aliphatic carbocycles. The molecule has 1 heterocycles. The van der Waals surface area contributed by atoms with Crippen molar-refractivity contribution in [3.05, 3.63) is 53.6 Å². The van der Waals surface area contributed by atoms with E-state index < -0.39 is 0 Å². The normalized spacial score (nSPS) is 21.0. The number of amides is 2. The molecule has 2 aromatic rings. The molecular weight excluding hydrogens is 494 g/mol. The quantitative estimate of drug-likeness (QED) is 0.487. The van der Waals surface area contributed by atoms with Crippen LogP contribution >= 0.6 is 0 Å². The maximum absolute atomic E-state index is 13.7. The van der Waals surface area contributed by atoms with Crippen molar-refractivity contribution in [3.63, 3.8) is 0 Å². The van der Waals surface area contributed by atoms with Crippen molar-refractivity contribution in [1.82, 2.24) is 9.80 Å². The molecule has 2 N–H and O–H groups in total. The lowest BCUT2D eigenvalue weighted by molar-refractivity contribution is -0.120. The first-order valence-electron chi connectivity index (χ1n) is 14.1. The second kappa shape index (κ2) is 13.3. The Kier molecular flexibility index (Phi) is 9.86. The topological polar surface area (TPSA) is 91.3 Å². The van der Waals surface area contributed by atoms with Crippen LogP contribution in [0.3, 0.4) is 0 Å². The van der Waals surface area contributed by atoms with Gasteiger partial charge in [-0.2, -0.15) is 0 Å². The van der Waals surface area contributed by atoms with Gasteiger partial charge in [-0.25, -0.2) is 0 Å². The molecule has 8 heteroatoms. The number of aliphatic hydroxyl groups excluding tert-OH is 1. The third kappa shape index (κ3) is 7.31. The van der Waals surface area contributed by atoms with Gasteiger partial charge in [-0.05, 0) is 62.7 Å². The number of anilines is 1. The van der Waals surface area contributed by atoms with E-state index in [0.717, 1.165) is 38.0 Å². The van der Waals surface area contributed by atoms with E-state index in [1.165, 1.54) is 12.0 Å². The van der Waals surface area contributed by atoms with E-state index in [0.29, 0.717) is 30.1 Å². The highest BCUT2D eigenvalue weighted by Crippen LogP contribution is 2.32. The molecule has 4 rings (SSSR count). The summed E-state index contributed by atoms with van der Waals surface area (Å²) in [5, 5.41) is 13.0. The van der Waals surface area contributed by atoms with E-state index in [1.54, 1.807) is 24.1 Å². The summed E-state index contributed by atoms with van der Waals surface area (Å²) < 4.78 is 11.8. The van der Waals surface area contributed by atoms with Gasteiger partial charge in [0.25, 0.3) is 5.91 Å². The number of likely N-dealkylation sites (N-methyl/N-ethyl adjacent to an activating group) is 1. The van der Waals surface area contributed by atoms with Crippen LogP contribution in [-0.2, 0) is 11.3 Å². The lowest BCUT2D eigenvalue weighted by atomic mass is 9.88. The first-order chi connectivity index (χ1) is 18.8. The average molecular weight is 538 g/mol. The van der Waals surface area contributed by atoms with Crippen LogP contribution in [0.5, 0.6) is 11.5 Å². The number of benzene rings is 2. The Balaban J connectivity index is 1.55. The van der Waals surface area contributed by atoms with Gasteiger partial charge in [0.15, 0.2) is 0 Å². The van der Waals surface area contributed by atoms with Gasteiger partial charge in [0.05, 0.1) is 25.3 Å². The summed E-state index contributed by atoms with van der Waals surface area (Å²) in [6.07, 6.45) is 4.97. The van der Waals surface area contributed by atoms with Gasteiger partial charge in [0, 0.05) is 37.2 Å². The van der Waals surface area contributed by atoms with Gasteiger partial charge in [0.2, 0.25) is 5.91 Å². The SMILES string of the molecule is COc1ccc(CN(C)C[C@H]2Oc3ccc(NC(=O)C4CCCCC4)cc3C(=O)N([C@H](C)CO)C[C@H]2C)cc1. The Labute approximate surface area is 232 Å². The molecule has 0 aromatic heterocycles. The van der Waals surface area contributed by atoms with Crippen LogP contribution < -0.4 is 14.8 Å². The Morgan fingerprint density at radius 2 is 1.90 bits per heavy atom. The summed E-state index contributed by atoms with van der Waals surface area (Å²) in [6, 6.07) is 13.0. The fourth-order valence-corrected chi connectivity index (χ4v) is 5.54. The van der Waals surface area contributed by atoms with Crippen molar-refractivity contribution in [2.24, 2.45) is 11.8 Å². The zero-order chi connectivity index (χ0) is 27.9. The van der Waals surface area contributed by atoms with Gasteiger partial charge < -0.3 is 24.8 Å². The second-order valence-corrected chi connectivity index (χ2v) is 11.2. The van der Waals surface area contributed by atoms with Crippen LogP contribution in [0, 0.1) is 11.8 Å². The summed E-state index contributed by atoms with van der Waals surface area (Å²) >= 11 is 0. The third-order valence-electron chi connectivity index (χ3n) is 8.01. The van der Waals surface area contributed by atoms with Crippen LogP contribution in [-0.4, -0.2) is 72.7 Å². The molecule has 2 aromatic carbocycles. The van der Waals surface area contributed by atoms with Crippen molar-refractivity contribution in [2.45, 2.75) is 64.6 Å². The molecule has 2 aliphatic rings. The fraction of sp³-hybridized carbons (Fsp3) is 0.548. The van der Waals surface area contributed by atoms with Crippen molar-refractivity contribution in [1.29, 1.82) is 0 Å². The first kappa shape index (κ1) is 28.9. The van der Waals surface area contributed by atoms with E-state index in [4.69, 9.17) is 9.47 Å². The van der Waals surface area contributed by atoms with E-state index in [-0.39, 0.29) is 42.4 Å². The minimum atomic E-state index is -0.343. The zero-order valence-corrected chi connectivity index (χ0v) is 23.7. The van der Waals surface area contributed by atoms with Gasteiger partial charge in [0.1, 0.15) is 17.6 Å². The summed E-state index contributed by atoms with van der Waals surface area (Å²) in [7, 11) is 3.72. The first-order valence-corrected chi connectivity index (χ1v) is 14.1. The fourth-order valence-electron chi connectivity index (χ4n) is 5.54. The molecule has 3 atom stereocenters. The Morgan fingerprint density at radius 1 is 1.18 bits per heavy atom. The highest BCUT2D eigenvalue weighted by atomic mass is 16.5. The summed E-state index contributed by atoms with van der Waals surface area (Å²) in [5.74, 6) is 1.19. The monoisotopic (exact) mass is 537 g/mol. The molecule has 2 amide bonds. The Bertz CT molecular complexity index is 1120. The third-order valence-corrected chi connectivity index (χ3v) is 8.01. The predicted molar refractivity (Wildman–Crippen MR) is 152 cm³/mol. The molecule has 0 radical (unpaired) electrons. The standard InChI is InChI=1S/C31H43N3O5/c1-21-17-34(22(2)20-35)31(37)27-16-25(32-30(36)24-8-6-5-7-9-24)12-15-28(27)39-29(21)19-33(3)18-23-10-13-26(38-4)14-11-23/h10-16,21-22,24,29,35H,5-9,17-20H2,1-4H3,(H,32,36)/t21-,22-,29-/m1/s1. The number of nitrogens with zero attached hydrogens (tertiary/aromatic N) is 2. The number of nitrogens with one attached hydrogen (secondary N) is 1. The summed E-state index contributed by atoms with van der Waals surface area (Å²) in [6.45, 7) is 5.66. The second-order valence-electron chi connectivity index (χ2n) is 11.2. The van der Waals surface area contributed by atoms with Crippen LogP contribution in [0.15, 0.2) is 42.5 Å². The maximum atomic E-state index is 13.7. The zero-order valence-electron chi connectivity index (χ0n) is 23.7. The molecule has 212 valence electrons. The molecule has 8 nitrogen and oxygen atoms in total. The van der Waals surface area contributed by atoms with Crippen LogP contribution in [0.1, 0.15) is 61.9 Å². The van der Waals surface area contributed by atoms with Crippen LogP contribution in [0.4, 0.5) is 5.69 Å². The van der Waals surface area contributed by atoms with E-state index >= 15 is 0 Å². The number of fused-ring (bicyclic) bond motifs is 1. The number of ether oxygens (including phenoxy) is 2. The molecule has 0 unspecified atom stereocenters. The molecule has 0 saturated heterocycles. The lowest BCUT2D eigenvalue weighted by Crippen LogP contribution is -2.49. The predicted octanol–water partition coefficient (Wildman–Crippen LogP) is 4.57. The van der Waals surface area contributed by atoms with E-state index in [2.05, 4.69) is 36.3 Å². The highest BCUT2D eigenvalue weighted by molar-refractivity contribution is 6.00. The molecule has 39 heavy (non-hydrogen) atoms. The van der Waals surface area contributed by atoms with E-state index in [9.17, 15) is 14.7 Å². The number of methoxy groups -OCH3 is 1. The number of hydrogen-bond acceptors (Lipinski definition) is 6. The van der Waals surface area contributed by atoms with Gasteiger partial charge in [-0.3, -0.25) is 14.5 Å². The Hall–Kier alpha value is -3.10. The summed E-state index contributed by atoms with van der Waals surface area (Å²) in [4.78, 5) is 30.5. The van der Waals surface area contributed by atoms with Crippen molar-refractivity contribution < 1.29 is 24.2 Å². The number of rotatable bonds is 9. The molecule has 0 spiro atoms. The van der Waals surface area contributed by atoms with Gasteiger partial charge in [-0.1, -0.05) is 38.3 Å². The van der Waals surface area contributed by atoms with E-state index in [1.807, 2.05) is 25.1 Å². The minimum absolute atomic E-state index is 0.0149. The smallest absolute Gasteiger partial charge is 0.258 e. The molecular formula is C31H43N3O5. The molecule has 1 fully saturated rings. The molecule has 0 bridgehead atoms. The van der Waals surface area contributed by atoms with Crippen molar-refractivity contribution in [2.75, 3.05) is 39.2 Å². The lowest BCUT2D eigenvalue weighted by Gasteiger charge is -2.38. The van der Waals surface area contributed by atoms with Gasteiger partial charge in [-0.15, -0.1) is 0 Å². The van der Waals surface area contributed by atoms with Gasteiger partial charge >= 0.3 is 0 Å². The maximum Gasteiger partial charge on any atom is 0.258 e. The van der Waals surface area contributed by atoms with Crippen LogP contribution in [0.2, 0.25) is 0 Å². The largest absolute Gasteiger partial charge is 0.497 e. The molecule has 1 saturated carbocycles. The average Bonchev–Trinajstić information content (AvgIpc) is 2.95. The Morgan fingerprint density at radius 3 is 2.56 bits per heavy atom. The number of carbonyl (C=O) groups excluding carboxylic acids is 2. The number of hydrogen-bond donors (Lipinski definition) is 2. The highest BCUT2D eigenvalue weighted by Gasteiger charge is 2.34. The number of aliphatic hydroxyl groups is 1. The number of carbonyl (C=O) groups is 2. The van der Waals surface area contributed by atoms with Crippen molar-refractivity contribution in [3.8, 4) is 11.5 Å². The van der Waals surface area contributed by atoms with Crippen LogP contribution in [0.25, 0.3) is 0 Å². The minimum Gasteiger partial charge on any atom is -0.497 e.